The minimum atomic E-state index is -4.07. The van der Waals surface area contributed by atoms with E-state index < -0.39 is 12.1 Å². The molecular weight excluding hydrogens is 453 g/mol. The smallest absolute Gasteiger partial charge is 0.326 e. The molecule has 1 amide bonds. The van der Waals surface area contributed by atoms with Gasteiger partial charge in [-0.05, 0) is 75.5 Å². The summed E-state index contributed by atoms with van der Waals surface area (Å²) in [5.74, 6) is 0.775. The zero-order valence-electron chi connectivity index (χ0n) is 18.8. The molecule has 2 aliphatic rings. The van der Waals surface area contributed by atoms with E-state index in [2.05, 4.69) is 20.1 Å². The van der Waals surface area contributed by atoms with E-state index in [9.17, 15) is 18.0 Å². The van der Waals surface area contributed by atoms with Crippen molar-refractivity contribution in [1.82, 2.24) is 14.8 Å². The van der Waals surface area contributed by atoms with Gasteiger partial charge in [-0.25, -0.2) is 0 Å². The summed E-state index contributed by atoms with van der Waals surface area (Å²) in [5, 5.41) is 12.3. The number of hydrogen-bond acceptors (Lipinski definition) is 3. The second-order valence-corrected chi connectivity index (χ2v) is 9.80. The first-order chi connectivity index (χ1) is 15.7. The van der Waals surface area contributed by atoms with Crippen molar-refractivity contribution in [2.75, 3.05) is 5.32 Å². The van der Waals surface area contributed by atoms with Gasteiger partial charge in [0, 0.05) is 36.0 Å². The number of hydrogen-bond donors (Lipinski definition) is 1. The largest absolute Gasteiger partial charge is 0.391 e. The third-order valence-electron chi connectivity index (χ3n) is 6.95. The lowest BCUT2D eigenvalue weighted by molar-refractivity contribution is -0.184. The molecule has 2 aromatic rings. The molecule has 2 aliphatic carbocycles. The summed E-state index contributed by atoms with van der Waals surface area (Å²) in [6, 6.07) is 5.79. The third kappa shape index (κ3) is 6.08. The van der Waals surface area contributed by atoms with Crippen molar-refractivity contribution < 1.29 is 18.0 Å². The first-order valence-corrected chi connectivity index (χ1v) is 12.1. The Balaban J connectivity index is 1.31. The van der Waals surface area contributed by atoms with Gasteiger partial charge in [0.2, 0.25) is 5.91 Å². The number of carbonyl (C=O) groups excluding carboxylic acids is 1. The van der Waals surface area contributed by atoms with Gasteiger partial charge in [-0.2, -0.15) is 13.2 Å². The van der Waals surface area contributed by atoms with Gasteiger partial charge in [-0.15, -0.1) is 10.2 Å². The van der Waals surface area contributed by atoms with E-state index in [0.29, 0.717) is 41.9 Å². The van der Waals surface area contributed by atoms with Gasteiger partial charge in [-0.1, -0.05) is 17.7 Å². The number of carbonyl (C=O) groups is 1. The summed E-state index contributed by atoms with van der Waals surface area (Å²) < 4.78 is 40.9. The van der Waals surface area contributed by atoms with Crippen LogP contribution in [0.15, 0.2) is 18.2 Å². The number of benzene rings is 1. The fourth-order valence-corrected chi connectivity index (χ4v) is 4.92. The molecule has 1 N–H and O–H groups in total. The van der Waals surface area contributed by atoms with Gasteiger partial charge >= 0.3 is 6.18 Å². The molecule has 0 unspecified atom stereocenters. The molecule has 33 heavy (non-hydrogen) atoms. The van der Waals surface area contributed by atoms with Crippen molar-refractivity contribution in [1.29, 1.82) is 0 Å². The minimum Gasteiger partial charge on any atom is -0.326 e. The lowest BCUT2D eigenvalue weighted by Gasteiger charge is -2.29. The quantitative estimate of drug-likeness (QED) is 0.470. The average Bonchev–Trinajstić information content (AvgIpc) is 3.53. The number of amides is 1. The van der Waals surface area contributed by atoms with Crippen LogP contribution in [-0.2, 0) is 17.6 Å². The second kappa shape index (κ2) is 10.0. The Morgan fingerprint density at radius 2 is 1.76 bits per heavy atom. The molecule has 0 aliphatic heterocycles. The van der Waals surface area contributed by atoms with E-state index >= 15 is 0 Å². The predicted octanol–water partition coefficient (Wildman–Crippen LogP) is 6.45. The van der Waals surface area contributed by atoms with Gasteiger partial charge in [0.25, 0.3) is 0 Å². The maximum atomic E-state index is 12.9. The number of aromatic nitrogens is 3. The molecule has 1 aromatic carbocycles. The van der Waals surface area contributed by atoms with E-state index in [-0.39, 0.29) is 25.2 Å². The maximum absolute atomic E-state index is 12.9. The van der Waals surface area contributed by atoms with Crippen LogP contribution < -0.4 is 5.32 Å². The zero-order valence-corrected chi connectivity index (χ0v) is 19.6. The van der Waals surface area contributed by atoms with E-state index in [1.165, 1.54) is 0 Å². The zero-order chi connectivity index (χ0) is 23.6. The third-order valence-corrected chi connectivity index (χ3v) is 7.36. The van der Waals surface area contributed by atoms with Gasteiger partial charge in [0.1, 0.15) is 11.6 Å². The number of aryl methyl sites for hydroxylation is 2. The summed E-state index contributed by atoms with van der Waals surface area (Å²) in [7, 11) is 0. The number of nitrogens with one attached hydrogen (secondary N) is 1. The first kappa shape index (κ1) is 24.0. The molecule has 0 saturated heterocycles. The van der Waals surface area contributed by atoms with Gasteiger partial charge in [0.05, 0.1) is 5.92 Å². The molecule has 2 saturated carbocycles. The summed E-state index contributed by atoms with van der Waals surface area (Å²) in [5.41, 5.74) is 1.54. The highest BCUT2D eigenvalue weighted by Crippen LogP contribution is 2.41. The summed E-state index contributed by atoms with van der Waals surface area (Å²) in [4.78, 5) is 12.5. The van der Waals surface area contributed by atoms with E-state index in [0.717, 1.165) is 42.9 Å². The Morgan fingerprint density at radius 3 is 2.39 bits per heavy atom. The molecule has 1 heterocycles. The molecule has 0 atom stereocenters. The molecule has 0 bridgehead atoms. The standard InChI is InChI=1S/C24H30ClF3N4O/c1-15-19(25)3-2-4-20(15)29-23(33)14-13-22-31-30-21(32(22)18-10-11-18)12-7-16-5-8-17(9-6-16)24(26,27)28/h2-4,16-18H,5-14H2,1H3,(H,29,33). The summed E-state index contributed by atoms with van der Waals surface area (Å²) >= 11 is 6.13. The van der Waals surface area contributed by atoms with Crippen LogP contribution in [0.1, 0.15) is 74.6 Å². The molecule has 4 rings (SSSR count). The Labute approximate surface area is 197 Å². The van der Waals surface area contributed by atoms with Crippen LogP contribution in [0.3, 0.4) is 0 Å². The molecular formula is C24H30ClF3N4O. The molecule has 0 radical (unpaired) electrons. The SMILES string of the molecule is Cc1c(Cl)cccc1NC(=O)CCc1nnc(CCC2CCC(C(F)(F)F)CC2)n1C1CC1. The number of halogens is 4. The van der Waals surface area contributed by atoms with Crippen molar-refractivity contribution in [3.63, 3.8) is 0 Å². The van der Waals surface area contributed by atoms with Crippen molar-refractivity contribution in [3.8, 4) is 0 Å². The van der Waals surface area contributed by atoms with E-state index in [4.69, 9.17) is 11.6 Å². The number of rotatable bonds is 8. The highest BCUT2D eigenvalue weighted by molar-refractivity contribution is 6.31. The fraction of sp³-hybridized carbons (Fsp3) is 0.625. The van der Waals surface area contributed by atoms with Crippen LogP contribution in [0.25, 0.3) is 0 Å². The highest BCUT2D eigenvalue weighted by atomic mass is 35.5. The monoisotopic (exact) mass is 482 g/mol. The Hall–Kier alpha value is -2.09. The summed E-state index contributed by atoms with van der Waals surface area (Å²) in [6.45, 7) is 1.86. The average molecular weight is 483 g/mol. The van der Waals surface area contributed by atoms with Crippen LogP contribution in [-0.4, -0.2) is 26.8 Å². The van der Waals surface area contributed by atoms with Gasteiger partial charge in [-0.3, -0.25) is 4.79 Å². The molecule has 0 spiro atoms. The Kier molecular flexibility index (Phi) is 7.31. The van der Waals surface area contributed by atoms with Crippen LogP contribution in [0, 0.1) is 18.8 Å². The van der Waals surface area contributed by atoms with Crippen molar-refractivity contribution >= 4 is 23.2 Å². The molecule has 2 fully saturated rings. The van der Waals surface area contributed by atoms with Crippen LogP contribution >= 0.6 is 11.6 Å². The lowest BCUT2D eigenvalue weighted by Crippen LogP contribution is -2.28. The maximum Gasteiger partial charge on any atom is 0.391 e. The topological polar surface area (TPSA) is 59.8 Å². The van der Waals surface area contributed by atoms with Gasteiger partial charge < -0.3 is 9.88 Å². The minimum absolute atomic E-state index is 0.103. The molecule has 180 valence electrons. The van der Waals surface area contributed by atoms with Crippen LogP contribution in [0.2, 0.25) is 5.02 Å². The predicted molar refractivity (Wildman–Crippen MR) is 121 cm³/mol. The highest BCUT2D eigenvalue weighted by Gasteiger charge is 2.41. The normalized spacial score (nSPS) is 21.2. The van der Waals surface area contributed by atoms with Crippen LogP contribution in [0.5, 0.6) is 0 Å². The van der Waals surface area contributed by atoms with E-state index in [1.54, 1.807) is 12.1 Å². The van der Waals surface area contributed by atoms with E-state index in [1.807, 2.05) is 13.0 Å². The number of anilines is 1. The fourth-order valence-electron chi connectivity index (χ4n) is 4.75. The number of alkyl halides is 3. The molecule has 5 nitrogen and oxygen atoms in total. The van der Waals surface area contributed by atoms with Crippen molar-refractivity contribution in [3.05, 3.63) is 40.4 Å². The van der Waals surface area contributed by atoms with Crippen molar-refractivity contribution in [2.24, 2.45) is 11.8 Å². The first-order valence-electron chi connectivity index (χ1n) is 11.8. The second-order valence-electron chi connectivity index (χ2n) is 9.39. The number of nitrogens with zero attached hydrogens (tertiary/aromatic N) is 3. The van der Waals surface area contributed by atoms with Gasteiger partial charge in [0.15, 0.2) is 0 Å². The molecule has 9 heteroatoms. The Morgan fingerprint density at radius 1 is 1.09 bits per heavy atom. The summed E-state index contributed by atoms with van der Waals surface area (Å²) in [6.07, 6.45) is 2.13. The van der Waals surface area contributed by atoms with Crippen LogP contribution in [0.4, 0.5) is 18.9 Å². The lowest BCUT2D eigenvalue weighted by atomic mass is 9.79. The molecule has 1 aromatic heterocycles. The Bertz CT molecular complexity index is 979. The van der Waals surface area contributed by atoms with Crippen molar-refractivity contribution in [2.45, 2.75) is 83.4 Å².